The molecule has 1 saturated heterocycles. The highest BCUT2D eigenvalue weighted by Crippen LogP contribution is 2.43. The molecule has 1 fully saturated rings. The highest BCUT2D eigenvalue weighted by atomic mass is 79.9. The summed E-state index contributed by atoms with van der Waals surface area (Å²) < 4.78 is 5.24. The maximum atomic E-state index is 4.38. The average Bonchev–Trinajstić information content (AvgIpc) is 2.57. The number of halogens is 1. The van der Waals surface area contributed by atoms with Gasteiger partial charge >= 0.3 is 0 Å². The molecule has 1 aromatic rings. The molecule has 0 bridgehead atoms. The van der Waals surface area contributed by atoms with Crippen LogP contribution in [-0.2, 0) is 0 Å². The zero-order chi connectivity index (χ0) is 10.1. The van der Waals surface area contributed by atoms with Gasteiger partial charge in [0.05, 0.1) is 5.25 Å². The molecule has 0 amide bonds. The first-order valence-corrected chi connectivity index (χ1v) is 7.99. The molecule has 1 aliphatic rings. The summed E-state index contributed by atoms with van der Waals surface area (Å²) in [6, 6.07) is 0. The van der Waals surface area contributed by atoms with Gasteiger partial charge in [0, 0.05) is 16.3 Å². The fourth-order valence-corrected chi connectivity index (χ4v) is 5.05. The molecule has 78 valence electrons. The molecule has 1 aromatic heterocycles. The molecule has 0 N–H and O–H groups in total. The molecule has 0 spiro atoms. The Bertz CT molecular complexity index is 317. The van der Waals surface area contributed by atoms with Crippen molar-refractivity contribution in [3.8, 4) is 0 Å². The number of hydrogen-bond donors (Lipinski definition) is 0. The average molecular weight is 311 g/mol. The monoisotopic (exact) mass is 310 g/mol. The third kappa shape index (κ3) is 2.46. The number of nitrogens with zero attached hydrogens (tertiary/aromatic N) is 2. The van der Waals surface area contributed by atoms with E-state index in [2.05, 4.69) is 39.1 Å². The third-order valence-electron chi connectivity index (χ3n) is 2.26. The lowest BCUT2D eigenvalue weighted by Gasteiger charge is -2.29. The topological polar surface area (TPSA) is 25.8 Å². The summed E-state index contributed by atoms with van der Waals surface area (Å²) in [6.45, 7) is 4.58. The van der Waals surface area contributed by atoms with Crippen LogP contribution in [0.4, 0.5) is 0 Å². The van der Waals surface area contributed by atoms with E-state index >= 15 is 0 Å². The van der Waals surface area contributed by atoms with Crippen LogP contribution in [0.1, 0.15) is 24.9 Å². The quantitative estimate of drug-likeness (QED) is 0.791. The third-order valence-corrected chi connectivity index (χ3v) is 6.77. The summed E-state index contributed by atoms with van der Waals surface area (Å²) >= 11 is 8.82. The fourth-order valence-electron chi connectivity index (χ4n) is 1.27. The van der Waals surface area contributed by atoms with Gasteiger partial charge in [-0.2, -0.15) is 16.1 Å². The number of aromatic nitrogens is 2. The summed E-state index contributed by atoms with van der Waals surface area (Å²) in [5.41, 5.74) is 0. The summed E-state index contributed by atoms with van der Waals surface area (Å²) in [5, 5.41) is 1.92. The lowest BCUT2D eigenvalue weighted by atomic mass is 10.4. The first-order chi connectivity index (χ1) is 6.66. The van der Waals surface area contributed by atoms with Crippen LogP contribution in [-0.4, -0.2) is 25.6 Å². The minimum atomic E-state index is 0.480. The number of rotatable bonds is 1. The van der Waals surface area contributed by atoms with Crippen LogP contribution in [0.3, 0.4) is 0 Å². The van der Waals surface area contributed by atoms with Crippen molar-refractivity contribution in [3.05, 3.63) is 9.74 Å². The minimum absolute atomic E-state index is 0.480. The van der Waals surface area contributed by atoms with Gasteiger partial charge in [0.1, 0.15) is 0 Å². The number of thioether (sulfide) groups is 2. The van der Waals surface area contributed by atoms with Gasteiger partial charge in [-0.3, -0.25) is 0 Å². The second kappa shape index (κ2) is 4.72. The normalized spacial score (nSPS) is 33.2. The highest BCUT2D eigenvalue weighted by molar-refractivity contribution is 9.11. The molecule has 0 radical (unpaired) electrons. The molecule has 0 aliphatic carbocycles. The van der Waals surface area contributed by atoms with E-state index in [9.17, 15) is 0 Å². The largest absolute Gasteiger partial charge is 0.211 e. The van der Waals surface area contributed by atoms with Gasteiger partial charge in [-0.25, -0.2) is 4.98 Å². The molecule has 2 heterocycles. The molecule has 0 saturated carbocycles. The molecular weight excluding hydrogens is 300 g/mol. The molecular formula is C8H11BrN2S3. The van der Waals surface area contributed by atoms with Gasteiger partial charge in [-0.05, 0) is 27.5 Å². The van der Waals surface area contributed by atoms with E-state index in [-0.39, 0.29) is 0 Å². The Kier molecular flexibility index (Phi) is 3.79. The van der Waals surface area contributed by atoms with Crippen molar-refractivity contribution in [3.63, 3.8) is 0 Å². The maximum absolute atomic E-state index is 4.38. The first kappa shape index (κ1) is 11.2. The molecule has 14 heavy (non-hydrogen) atoms. The Hall–Kier alpha value is 0.740. The van der Waals surface area contributed by atoms with E-state index in [4.69, 9.17) is 0 Å². The van der Waals surface area contributed by atoms with Gasteiger partial charge in [-0.15, -0.1) is 11.8 Å². The van der Waals surface area contributed by atoms with Crippen molar-refractivity contribution in [1.82, 2.24) is 9.36 Å². The minimum Gasteiger partial charge on any atom is -0.211 e. The van der Waals surface area contributed by atoms with E-state index in [0.717, 1.165) is 20.7 Å². The van der Waals surface area contributed by atoms with Crippen molar-refractivity contribution >= 4 is 51.0 Å². The van der Waals surface area contributed by atoms with Gasteiger partial charge in [0.2, 0.25) is 0 Å². The van der Waals surface area contributed by atoms with Crippen molar-refractivity contribution in [1.29, 1.82) is 0 Å². The van der Waals surface area contributed by atoms with E-state index in [1.54, 1.807) is 0 Å². The van der Waals surface area contributed by atoms with Crippen LogP contribution < -0.4 is 0 Å². The van der Waals surface area contributed by atoms with Crippen LogP contribution in [0, 0.1) is 0 Å². The SMILES string of the molecule is CC1SCC(c2nsc(Br)n2)SC1C. The van der Waals surface area contributed by atoms with Gasteiger partial charge < -0.3 is 0 Å². The summed E-state index contributed by atoms with van der Waals surface area (Å²) in [5.74, 6) is 2.14. The van der Waals surface area contributed by atoms with Crippen LogP contribution in [0.15, 0.2) is 3.92 Å². The lowest BCUT2D eigenvalue weighted by molar-refractivity contribution is 0.873. The molecule has 2 nitrogen and oxygen atoms in total. The van der Waals surface area contributed by atoms with Crippen LogP contribution in [0.2, 0.25) is 0 Å². The van der Waals surface area contributed by atoms with Crippen molar-refractivity contribution < 1.29 is 0 Å². The highest BCUT2D eigenvalue weighted by Gasteiger charge is 2.28. The van der Waals surface area contributed by atoms with Crippen molar-refractivity contribution in [2.24, 2.45) is 0 Å². The van der Waals surface area contributed by atoms with Crippen molar-refractivity contribution in [2.75, 3.05) is 5.75 Å². The van der Waals surface area contributed by atoms with E-state index < -0.39 is 0 Å². The summed E-state index contributed by atoms with van der Waals surface area (Å²) in [7, 11) is 0. The Balaban J connectivity index is 2.06. The Morgan fingerprint density at radius 3 is 2.71 bits per heavy atom. The lowest BCUT2D eigenvalue weighted by Crippen LogP contribution is -2.22. The van der Waals surface area contributed by atoms with E-state index in [1.165, 1.54) is 11.5 Å². The van der Waals surface area contributed by atoms with E-state index in [1.807, 2.05) is 23.5 Å². The van der Waals surface area contributed by atoms with E-state index in [0.29, 0.717) is 10.5 Å². The van der Waals surface area contributed by atoms with Crippen LogP contribution >= 0.6 is 51.0 Å². The summed E-state index contributed by atoms with van der Waals surface area (Å²) in [4.78, 5) is 4.38. The number of hydrogen-bond acceptors (Lipinski definition) is 5. The second-order valence-electron chi connectivity index (χ2n) is 3.27. The maximum Gasteiger partial charge on any atom is 0.179 e. The van der Waals surface area contributed by atoms with Crippen LogP contribution in [0.25, 0.3) is 0 Å². The molecule has 3 atom stereocenters. The molecule has 2 rings (SSSR count). The standard InChI is InChI=1S/C8H11BrN2S3/c1-4-5(2)13-6(3-12-4)7-10-8(9)14-11-7/h4-6H,3H2,1-2H3. The van der Waals surface area contributed by atoms with Gasteiger partial charge in [0.15, 0.2) is 9.74 Å². The fraction of sp³-hybridized carbons (Fsp3) is 0.750. The molecule has 6 heteroatoms. The van der Waals surface area contributed by atoms with Gasteiger partial charge in [0.25, 0.3) is 0 Å². The Morgan fingerprint density at radius 1 is 1.36 bits per heavy atom. The zero-order valence-electron chi connectivity index (χ0n) is 7.94. The van der Waals surface area contributed by atoms with Crippen molar-refractivity contribution in [2.45, 2.75) is 29.6 Å². The molecule has 1 aliphatic heterocycles. The predicted octanol–water partition coefficient (Wildman–Crippen LogP) is 3.60. The van der Waals surface area contributed by atoms with Gasteiger partial charge in [-0.1, -0.05) is 13.8 Å². The molecule has 0 aromatic carbocycles. The first-order valence-electron chi connectivity index (χ1n) is 4.43. The smallest absolute Gasteiger partial charge is 0.179 e. The van der Waals surface area contributed by atoms with Crippen LogP contribution in [0.5, 0.6) is 0 Å². The summed E-state index contributed by atoms with van der Waals surface area (Å²) in [6.07, 6.45) is 0. The Labute approximate surface area is 105 Å². The molecule has 3 unspecified atom stereocenters. The zero-order valence-corrected chi connectivity index (χ0v) is 12.0. The second-order valence-corrected chi connectivity index (χ2v) is 8.30. The predicted molar refractivity (Wildman–Crippen MR) is 69.3 cm³/mol. The Morgan fingerprint density at radius 2 is 2.14 bits per heavy atom.